The summed E-state index contributed by atoms with van der Waals surface area (Å²) < 4.78 is 12.8. The van der Waals surface area contributed by atoms with Gasteiger partial charge in [-0.2, -0.15) is 0 Å². The quantitative estimate of drug-likeness (QED) is 0.278. The molecule has 27 heavy (non-hydrogen) atoms. The van der Waals surface area contributed by atoms with Gasteiger partial charge in [-0.1, -0.05) is 29.8 Å². The summed E-state index contributed by atoms with van der Waals surface area (Å²) in [7, 11) is 1.69. The molecule has 2 rings (SSSR count). The number of halogens is 2. The first-order chi connectivity index (χ1) is 13.1. The van der Waals surface area contributed by atoms with Crippen LogP contribution in [0.5, 0.6) is 0 Å². The van der Waals surface area contributed by atoms with Crippen molar-refractivity contribution in [2.24, 2.45) is 4.99 Å². The van der Waals surface area contributed by atoms with Crippen LogP contribution in [0.1, 0.15) is 11.1 Å². The Hall–Kier alpha value is -2.67. The molecule has 0 aliphatic heterocycles. The number of hydrogen-bond donors (Lipinski definition) is 3. The monoisotopic (exact) mass is 391 g/mol. The highest BCUT2D eigenvalue weighted by molar-refractivity contribution is 6.29. The molecular formula is C19H23ClFN5O. The molecular weight excluding hydrogens is 369 g/mol. The molecule has 0 spiro atoms. The number of pyridine rings is 1. The number of carbonyl (C=O) groups is 1. The lowest BCUT2D eigenvalue weighted by atomic mass is 10.1. The second-order valence-electron chi connectivity index (χ2n) is 5.82. The molecule has 0 fully saturated rings. The summed E-state index contributed by atoms with van der Waals surface area (Å²) in [5.74, 6) is 0.237. The fourth-order valence-corrected chi connectivity index (χ4v) is 2.44. The fourth-order valence-electron chi connectivity index (χ4n) is 2.33. The van der Waals surface area contributed by atoms with Crippen LogP contribution in [-0.4, -0.2) is 43.5 Å². The third-order valence-electron chi connectivity index (χ3n) is 3.74. The molecule has 0 aliphatic rings. The summed E-state index contributed by atoms with van der Waals surface area (Å²) in [6.45, 7) is 1.69. The van der Waals surface area contributed by atoms with E-state index in [0.29, 0.717) is 30.7 Å². The van der Waals surface area contributed by atoms with E-state index in [0.717, 1.165) is 17.5 Å². The lowest BCUT2D eigenvalue weighted by Gasteiger charge is -2.12. The number of carbonyl (C=O) groups excluding carboxylic acids is 1. The van der Waals surface area contributed by atoms with Crippen molar-refractivity contribution < 1.29 is 9.18 Å². The van der Waals surface area contributed by atoms with E-state index in [1.807, 2.05) is 6.07 Å². The fraction of sp³-hybridized carbons (Fsp3) is 0.316. The number of hydrogen-bond acceptors (Lipinski definition) is 3. The van der Waals surface area contributed by atoms with E-state index in [2.05, 4.69) is 25.9 Å². The van der Waals surface area contributed by atoms with Crippen LogP contribution < -0.4 is 16.0 Å². The smallest absolute Gasteiger partial charge is 0.224 e. The number of nitrogens with one attached hydrogen (secondary N) is 3. The van der Waals surface area contributed by atoms with Crippen molar-refractivity contribution in [3.63, 3.8) is 0 Å². The van der Waals surface area contributed by atoms with E-state index < -0.39 is 0 Å². The first-order valence-corrected chi connectivity index (χ1v) is 9.00. The Bertz CT molecular complexity index is 750. The minimum absolute atomic E-state index is 0.110. The van der Waals surface area contributed by atoms with Crippen molar-refractivity contribution in [3.8, 4) is 0 Å². The Labute approximate surface area is 163 Å². The number of guanidine groups is 1. The van der Waals surface area contributed by atoms with Gasteiger partial charge in [-0.05, 0) is 35.7 Å². The number of amides is 1. The largest absolute Gasteiger partial charge is 0.356 e. The van der Waals surface area contributed by atoms with Crippen LogP contribution in [-0.2, 0) is 17.6 Å². The summed E-state index contributed by atoms with van der Waals surface area (Å²) in [5, 5.41) is 9.62. The minimum atomic E-state index is -0.311. The van der Waals surface area contributed by atoms with E-state index in [9.17, 15) is 9.18 Å². The molecule has 2 aromatic rings. The van der Waals surface area contributed by atoms with E-state index in [4.69, 9.17) is 11.6 Å². The van der Waals surface area contributed by atoms with Crippen molar-refractivity contribution in [2.75, 3.05) is 26.7 Å². The molecule has 0 saturated carbocycles. The number of rotatable bonds is 8. The summed E-state index contributed by atoms with van der Waals surface area (Å²) >= 11 is 5.76. The standard InChI is InChI=1S/C19H23ClFN5O/c1-22-19(24-9-8-15-4-7-17(20)26-13-15)25-11-10-23-18(27)12-14-2-5-16(21)6-3-14/h2-7,13H,8-12H2,1H3,(H,23,27)(H2,22,24,25). The van der Waals surface area contributed by atoms with Gasteiger partial charge in [0.15, 0.2) is 5.96 Å². The highest BCUT2D eigenvalue weighted by atomic mass is 35.5. The Balaban J connectivity index is 1.60. The molecule has 0 radical (unpaired) electrons. The molecule has 0 aliphatic carbocycles. The van der Waals surface area contributed by atoms with Gasteiger partial charge in [-0.3, -0.25) is 9.79 Å². The van der Waals surface area contributed by atoms with Gasteiger partial charge in [0.05, 0.1) is 6.42 Å². The minimum Gasteiger partial charge on any atom is -0.356 e. The van der Waals surface area contributed by atoms with Crippen LogP contribution in [0.3, 0.4) is 0 Å². The van der Waals surface area contributed by atoms with Crippen LogP contribution in [0.2, 0.25) is 5.15 Å². The zero-order chi connectivity index (χ0) is 19.5. The summed E-state index contributed by atoms with van der Waals surface area (Å²) in [6, 6.07) is 9.60. The van der Waals surface area contributed by atoms with Crippen LogP contribution in [0.4, 0.5) is 4.39 Å². The topological polar surface area (TPSA) is 78.4 Å². The number of nitrogens with zero attached hydrogens (tertiary/aromatic N) is 2. The second-order valence-corrected chi connectivity index (χ2v) is 6.21. The van der Waals surface area contributed by atoms with Crippen LogP contribution in [0.25, 0.3) is 0 Å². The lowest BCUT2D eigenvalue weighted by Crippen LogP contribution is -2.42. The first kappa shape index (κ1) is 20.6. The van der Waals surface area contributed by atoms with Crippen LogP contribution in [0.15, 0.2) is 47.6 Å². The van der Waals surface area contributed by atoms with Crippen molar-refractivity contribution in [2.45, 2.75) is 12.8 Å². The first-order valence-electron chi connectivity index (χ1n) is 8.63. The molecule has 0 atom stereocenters. The zero-order valence-corrected chi connectivity index (χ0v) is 15.9. The Morgan fingerprint density at radius 2 is 1.70 bits per heavy atom. The lowest BCUT2D eigenvalue weighted by molar-refractivity contribution is -0.120. The predicted molar refractivity (Wildman–Crippen MR) is 105 cm³/mol. The van der Waals surface area contributed by atoms with Gasteiger partial charge in [0.1, 0.15) is 11.0 Å². The van der Waals surface area contributed by atoms with Gasteiger partial charge in [-0.25, -0.2) is 9.37 Å². The SMILES string of the molecule is CN=C(NCCNC(=O)Cc1ccc(F)cc1)NCCc1ccc(Cl)nc1. The number of benzene rings is 1. The maximum Gasteiger partial charge on any atom is 0.224 e. The van der Waals surface area contributed by atoms with Crippen molar-refractivity contribution in [1.82, 2.24) is 20.9 Å². The molecule has 1 heterocycles. The highest BCUT2D eigenvalue weighted by Crippen LogP contribution is 2.05. The van der Waals surface area contributed by atoms with Crippen molar-refractivity contribution in [3.05, 3.63) is 64.7 Å². The highest BCUT2D eigenvalue weighted by Gasteiger charge is 2.03. The van der Waals surface area contributed by atoms with E-state index in [1.165, 1.54) is 12.1 Å². The van der Waals surface area contributed by atoms with E-state index in [1.54, 1.807) is 31.4 Å². The van der Waals surface area contributed by atoms with Crippen molar-refractivity contribution >= 4 is 23.5 Å². The molecule has 1 amide bonds. The molecule has 144 valence electrons. The zero-order valence-electron chi connectivity index (χ0n) is 15.1. The Morgan fingerprint density at radius 3 is 2.37 bits per heavy atom. The van der Waals surface area contributed by atoms with Crippen LogP contribution >= 0.6 is 11.6 Å². The summed E-state index contributed by atoms with van der Waals surface area (Å²) in [4.78, 5) is 20.0. The molecule has 6 nitrogen and oxygen atoms in total. The molecule has 8 heteroatoms. The molecule has 1 aromatic heterocycles. The van der Waals surface area contributed by atoms with Gasteiger partial charge in [0, 0.05) is 32.9 Å². The Morgan fingerprint density at radius 1 is 1.04 bits per heavy atom. The van der Waals surface area contributed by atoms with E-state index in [-0.39, 0.29) is 18.1 Å². The average molecular weight is 392 g/mol. The normalized spacial score (nSPS) is 11.1. The predicted octanol–water partition coefficient (Wildman–Crippen LogP) is 1.94. The molecule has 0 unspecified atom stereocenters. The van der Waals surface area contributed by atoms with Crippen LogP contribution in [0, 0.1) is 5.82 Å². The number of aromatic nitrogens is 1. The van der Waals surface area contributed by atoms with Gasteiger partial charge in [0.2, 0.25) is 5.91 Å². The van der Waals surface area contributed by atoms with Gasteiger partial charge >= 0.3 is 0 Å². The summed E-state index contributed by atoms with van der Waals surface area (Å²) in [6.07, 6.45) is 2.76. The summed E-state index contributed by atoms with van der Waals surface area (Å²) in [5.41, 5.74) is 1.85. The average Bonchev–Trinajstić information content (AvgIpc) is 2.67. The van der Waals surface area contributed by atoms with Gasteiger partial charge in [0.25, 0.3) is 0 Å². The number of aliphatic imine (C=N–C) groups is 1. The maximum absolute atomic E-state index is 12.8. The molecule has 0 bridgehead atoms. The Kier molecular flexibility index (Phi) is 8.51. The molecule has 0 saturated heterocycles. The van der Waals surface area contributed by atoms with E-state index >= 15 is 0 Å². The third kappa shape index (κ3) is 8.04. The van der Waals surface area contributed by atoms with Gasteiger partial charge in [-0.15, -0.1) is 0 Å². The maximum atomic E-state index is 12.8. The van der Waals surface area contributed by atoms with Gasteiger partial charge < -0.3 is 16.0 Å². The van der Waals surface area contributed by atoms with Crippen molar-refractivity contribution in [1.29, 1.82) is 0 Å². The molecule has 3 N–H and O–H groups in total. The third-order valence-corrected chi connectivity index (χ3v) is 3.96. The second kappa shape index (κ2) is 11.1. The molecule has 1 aromatic carbocycles.